The molecular weight excluding hydrogens is 338 g/mol. The molecule has 0 bridgehead atoms. The highest BCUT2D eigenvalue weighted by molar-refractivity contribution is 6.07. The lowest BCUT2D eigenvalue weighted by Gasteiger charge is -2.43. The molecule has 1 fully saturated rings. The third-order valence-electron chi connectivity index (χ3n) is 4.33. The summed E-state index contributed by atoms with van der Waals surface area (Å²) in [6.45, 7) is 2.13. The third kappa shape index (κ3) is 4.29. The molecule has 1 aliphatic heterocycles. The van der Waals surface area contributed by atoms with E-state index < -0.39 is 29.9 Å². The summed E-state index contributed by atoms with van der Waals surface area (Å²) >= 11 is 0. The van der Waals surface area contributed by atoms with Crippen LogP contribution < -0.4 is 16.4 Å². The Morgan fingerprint density at radius 3 is 2.58 bits per heavy atom. The van der Waals surface area contributed by atoms with Crippen molar-refractivity contribution >= 4 is 23.9 Å². The largest absolute Gasteiger partial charge is 0.480 e. The highest BCUT2D eigenvalue weighted by Crippen LogP contribution is 2.31. The summed E-state index contributed by atoms with van der Waals surface area (Å²) in [5, 5.41) is 21.7. The van der Waals surface area contributed by atoms with Crippen molar-refractivity contribution in [2.75, 3.05) is 6.54 Å². The molecule has 0 unspecified atom stereocenters. The summed E-state index contributed by atoms with van der Waals surface area (Å²) in [5.74, 6) is -2.65. The number of benzene rings is 1. The van der Waals surface area contributed by atoms with Crippen LogP contribution in [-0.4, -0.2) is 46.5 Å². The molecule has 1 heterocycles. The van der Waals surface area contributed by atoms with Crippen molar-refractivity contribution in [1.29, 1.82) is 5.41 Å². The van der Waals surface area contributed by atoms with E-state index >= 15 is 0 Å². The second-order valence-corrected chi connectivity index (χ2v) is 6.16. The monoisotopic (exact) mass is 361 g/mol. The quantitative estimate of drug-likeness (QED) is 0.208. The lowest BCUT2D eigenvalue weighted by molar-refractivity contribution is -0.166. The molecule has 26 heavy (non-hydrogen) atoms. The van der Waals surface area contributed by atoms with Crippen LogP contribution in [0.25, 0.3) is 0 Å². The average molecular weight is 361 g/mol. The number of β-lactam (4-membered cyclic amide) rings is 1. The predicted octanol–water partition coefficient (Wildman–Crippen LogP) is 0.632. The smallest absolute Gasteiger partial charge is 0.327 e. The maximum Gasteiger partial charge on any atom is 0.327 e. The van der Waals surface area contributed by atoms with Crippen LogP contribution in [0.5, 0.6) is 0 Å². The standard InChI is InChI=1S/C17H23N5O4/c1-10(11-6-3-2-4-7-11)21-17(26)22-13(15(24)25)12(14(22)23)8-5-9-20-16(18)19/h2-4,6-7,10,12-13H,5,8-9H2,1H3,(H,21,26)(H,24,25)(H4,18,19,20)/t10-,12+,13-/m0/s1. The Bertz CT molecular complexity index is 694. The van der Waals surface area contributed by atoms with Gasteiger partial charge in [0.2, 0.25) is 5.91 Å². The highest BCUT2D eigenvalue weighted by atomic mass is 16.4. The Labute approximate surface area is 151 Å². The van der Waals surface area contributed by atoms with Crippen LogP contribution in [-0.2, 0) is 9.59 Å². The minimum atomic E-state index is -1.21. The lowest BCUT2D eigenvalue weighted by atomic mass is 9.84. The molecule has 6 N–H and O–H groups in total. The van der Waals surface area contributed by atoms with Gasteiger partial charge in [0.1, 0.15) is 0 Å². The first-order valence-corrected chi connectivity index (χ1v) is 8.32. The Morgan fingerprint density at radius 1 is 1.35 bits per heavy atom. The molecule has 1 aliphatic rings. The first kappa shape index (κ1) is 19.2. The van der Waals surface area contributed by atoms with Gasteiger partial charge >= 0.3 is 12.0 Å². The van der Waals surface area contributed by atoms with E-state index in [1.807, 2.05) is 30.3 Å². The number of nitrogens with zero attached hydrogens (tertiary/aromatic N) is 1. The molecule has 0 saturated carbocycles. The van der Waals surface area contributed by atoms with E-state index in [9.17, 15) is 19.5 Å². The van der Waals surface area contributed by atoms with Crippen molar-refractivity contribution in [2.45, 2.75) is 31.8 Å². The predicted molar refractivity (Wildman–Crippen MR) is 94.3 cm³/mol. The number of carboxylic acid groups (broad SMARTS) is 1. The van der Waals surface area contributed by atoms with Gasteiger partial charge in [-0.25, -0.2) is 14.5 Å². The SMILES string of the molecule is C[C@H](NC(=O)N1C(=O)[C@H](CCCNC(=N)N)[C@H]1C(=O)O)c1ccccc1. The van der Waals surface area contributed by atoms with Crippen molar-refractivity contribution in [2.24, 2.45) is 11.7 Å². The number of carboxylic acids is 1. The van der Waals surface area contributed by atoms with Crippen LogP contribution in [0.3, 0.4) is 0 Å². The second-order valence-electron chi connectivity index (χ2n) is 6.16. The Kier molecular flexibility index (Phi) is 6.16. The van der Waals surface area contributed by atoms with Gasteiger partial charge in [0.05, 0.1) is 12.0 Å². The molecule has 9 heteroatoms. The van der Waals surface area contributed by atoms with Gasteiger partial charge < -0.3 is 21.5 Å². The zero-order valence-electron chi connectivity index (χ0n) is 14.4. The molecule has 140 valence electrons. The van der Waals surface area contributed by atoms with Crippen molar-refractivity contribution in [3.63, 3.8) is 0 Å². The number of aliphatic carboxylic acids is 1. The van der Waals surface area contributed by atoms with Crippen molar-refractivity contribution < 1.29 is 19.5 Å². The molecule has 0 spiro atoms. The maximum atomic E-state index is 12.4. The first-order chi connectivity index (χ1) is 12.3. The fraction of sp³-hybridized carbons (Fsp3) is 0.412. The van der Waals surface area contributed by atoms with Gasteiger partial charge in [-0.15, -0.1) is 0 Å². The summed E-state index contributed by atoms with van der Waals surface area (Å²) in [6, 6.07) is 6.94. The summed E-state index contributed by atoms with van der Waals surface area (Å²) in [4.78, 5) is 36.9. The van der Waals surface area contributed by atoms with Crippen LogP contribution in [0, 0.1) is 11.3 Å². The van der Waals surface area contributed by atoms with Crippen molar-refractivity contribution in [1.82, 2.24) is 15.5 Å². The van der Waals surface area contributed by atoms with Crippen molar-refractivity contribution in [3.8, 4) is 0 Å². The maximum absolute atomic E-state index is 12.4. The zero-order valence-corrected chi connectivity index (χ0v) is 14.4. The van der Waals surface area contributed by atoms with Gasteiger partial charge in [0.15, 0.2) is 12.0 Å². The number of hydrogen-bond acceptors (Lipinski definition) is 4. The van der Waals surface area contributed by atoms with E-state index in [4.69, 9.17) is 11.1 Å². The van der Waals surface area contributed by atoms with E-state index in [0.717, 1.165) is 10.5 Å². The van der Waals surface area contributed by atoms with Crippen LogP contribution in [0.15, 0.2) is 30.3 Å². The van der Waals surface area contributed by atoms with Crippen LogP contribution in [0.1, 0.15) is 31.4 Å². The second kappa shape index (κ2) is 8.32. The number of rotatable bonds is 7. The number of carbonyl (C=O) groups is 3. The number of carbonyl (C=O) groups excluding carboxylic acids is 2. The van der Waals surface area contributed by atoms with Gasteiger partial charge in [-0.05, 0) is 25.3 Å². The number of urea groups is 1. The topological polar surface area (TPSA) is 149 Å². The Balaban J connectivity index is 1.95. The fourth-order valence-electron chi connectivity index (χ4n) is 2.96. The Morgan fingerprint density at radius 2 is 2.00 bits per heavy atom. The number of imide groups is 1. The van der Waals surface area contributed by atoms with Gasteiger partial charge in [-0.2, -0.15) is 0 Å². The number of nitrogens with two attached hydrogens (primary N) is 1. The highest BCUT2D eigenvalue weighted by Gasteiger charge is 2.54. The average Bonchev–Trinajstić information content (AvgIpc) is 2.59. The fourth-order valence-corrected chi connectivity index (χ4v) is 2.96. The molecular formula is C17H23N5O4. The Hall–Kier alpha value is -3.10. The summed E-state index contributed by atoms with van der Waals surface area (Å²) < 4.78 is 0. The van der Waals surface area contributed by atoms with E-state index in [0.29, 0.717) is 19.4 Å². The van der Waals surface area contributed by atoms with E-state index in [2.05, 4.69) is 10.6 Å². The molecule has 1 saturated heterocycles. The molecule has 1 aromatic rings. The third-order valence-corrected chi connectivity index (χ3v) is 4.33. The lowest BCUT2D eigenvalue weighted by Crippen LogP contribution is -2.68. The molecule has 0 radical (unpaired) electrons. The number of guanidine groups is 1. The molecule has 0 aliphatic carbocycles. The molecule has 3 atom stereocenters. The molecule has 1 aromatic carbocycles. The molecule has 2 rings (SSSR count). The number of hydrogen-bond donors (Lipinski definition) is 5. The number of likely N-dealkylation sites (tertiary alicyclic amines) is 1. The zero-order chi connectivity index (χ0) is 19.3. The normalized spacial score (nSPS) is 20.0. The van der Waals surface area contributed by atoms with E-state index in [1.165, 1.54) is 0 Å². The first-order valence-electron chi connectivity index (χ1n) is 8.32. The van der Waals surface area contributed by atoms with E-state index in [1.54, 1.807) is 6.92 Å². The van der Waals surface area contributed by atoms with Crippen molar-refractivity contribution in [3.05, 3.63) is 35.9 Å². The van der Waals surface area contributed by atoms with Gasteiger partial charge in [-0.3, -0.25) is 10.2 Å². The van der Waals surface area contributed by atoms with Crippen LogP contribution >= 0.6 is 0 Å². The van der Waals surface area contributed by atoms with E-state index in [-0.39, 0.29) is 12.0 Å². The van der Waals surface area contributed by atoms with Crippen LogP contribution in [0.4, 0.5) is 4.79 Å². The number of amides is 3. The van der Waals surface area contributed by atoms with Gasteiger partial charge in [0, 0.05) is 6.54 Å². The molecule has 3 amide bonds. The summed E-state index contributed by atoms with van der Waals surface area (Å²) in [5.41, 5.74) is 6.02. The number of nitrogens with one attached hydrogen (secondary N) is 3. The molecule has 0 aromatic heterocycles. The molecule has 9 nitrogen and oxygen atoms in total. The van der Waals surface area contributed by atoms with Gasteiger partial charge in [-0.1, -0.05) is 30.3 Å². The van der Waals surface area contributed by atoms with Crippen LogP contribution in [0.2, 0.25) is 0 Å². The van der Waals surface area contributed by atoms with Gasteiger partial charge in [0.25, 0.3) is 0 Å². The minimum Gasteiger partial charge on any atom is -0.480 e. The summed E-state index contributed by atoms with van der Waals surface area (Å²) in [6.07, 6.45) is 0.768. The summed E-state index contributed by atoms with van der Waals surface area (Å²) in [7, 11) is 0. The minimum absolute atomic E-state index is 0.185.